The first-order valence-electron chi connectivity index (χ1n) is 10.3. The first-order valence-corrected chi connectivity index (χ1v) is 12.2. The Labute approximate surface area is 184 Å². The highest BCUT2D eigenvalue weighted by molar-refractivity contribution is 7.90. The second-order valence-corrected chi connectivity index (χ2v) is 10.4. The van der Waals surface area contributed by atoms with Crippen LogP contribution in [0.4, 0.5) is 9.18 Å². The van der Waals surface area contributed by atoms with Crippen LogP contribution in [-0.4, -0.2) is 49.1 Å². The molecule has 2 fully saturated rings. The zero-order valence-electron chi connectivity index (χ0n) is 17.5. The molecule has 1 aliphatic heterocycles. The Kier molecular flexibility index (Phi) is 6.18. The predicted octanol–water partition coefficient (Wildman–Crippen LogP) is 2.37. The van der Waals surface area contributed by atoms with Gasteiger partial charge in [0.25, 0.3) is 0 Å². The molecule has 4 rings (SSSR count). The fourth-order valence-electron chi connectivity index (χ4n) is 3.44. The second kappa shape index (κ2) is 8.89. The number of carbonyl (C=O) groups is 2. The number of sulfone groups is 1. The number of aromatic nitrogens is 1. The van der Waals surface area contributed by atoms with Crippen molar-refractivity contribution in [1.29, 1.82) is 0 Å². The second-order valence-electron chi connectivity index (χ2n) is 8.33. The van der Waals surface area contributed by atoms with Crippen molar-refractivity contribution in [3.05, 3.63) is 47.4 Å². The molecule has 2 heterocycles. The molecule has 3 amide bonds. The van der Waals surface area contributed by atoms with Crippen LogP contribution in [0.1, 0.15) is 42.9 Å². The summed E-state index contributed by atoms with van der Waals surface area (Å²) in [5.41, 5.74) is 0.670. The summed E-state index contributed by atoms with van der Waals surface area (Å²) < 4.78 is 50.4. The third-order valence-electron chi connectivity index (χ3n) is 5.36. The molecule has 2 aromatic rings. The van der Waals surface area contributed by atoms with E-state index in [-0.39, 0.29) is 47.9 Å². The number of rotatable bonds is 10. The molecule has 0 unspecified atom stereocenters. The van der Waals surface area contributed by atoms with E-state index in [0.29, 0.717) is 18.1 Å². The Balaban J connectivity index is 1.36. The summed E-state index contributed by atoms with van der Waals surface area (Å²) in [6, 6.07) is 3.88. The molecule has 32 heavy (non-hydrogen) atoms. The molecule has 2 aliphatic rings. The van der Waals surface area contributed by atoms with E-state index in [0.717, 1.165) is 12.8 Å². The van der Waals surface area contributed by atoms with Crippen molar-refractivity contribution >= 4 is 21.8 Å². The quantitative estimate of drug-likeness (QED) is 0.535. The van der Waals surface area contributed by atoms with Gasteiger partial charge in [0.15, 0.2) is 21.4 Å². The van der Waals surface area contributed by atoms with Crippen LogP contribution < -0.4 is 10.1 Å². The van der Waals surface area contributed by atoms with Crippen LogP contribution in [0.2, 0.25) is 0 Å². The minimum Gasteiger partial charge on any atom is -0.490 e. The maximum absolute atomic E-state index is 14.0. The van der Waals surface area contributed by atoms with E-state index in [4.69, 9.17) is 9.15 Å². The van der Waals surface area contributed by atoms with Gasteiger partial charge < -0.3 is 14.1 Å². The molecular formula is C21H24FN3O6S. The maximum Gasteiger partial charge on any atom is 0.325 e. The molecule has 0 bridgehead atoms. The molecule has 1 saturated carbocycles. The molecule has 11 heteroatoms. The lowest BCUT2D eigenvalue weighted by Crippen LogP contribution is -2.27. The number of nitrogens with one attached hydrogen (secondary N) is 1. The highest BCUT2D eigenvalue weighted by Crippen LogP contribution is 2.31. The summed E-state index contributed by atoms with van der Waals surface area (Å²) in [7, 11) is -3.57. The fraction of sp³-hybridized carbons (Fsp3) is 0.476. The monoisotopic (exact) mass is 465 g/mol. The fourth-order valence-corrected chi connectivity index (χ4v) is 5.08. The van der Waals surface area contributed by atoms with E-state index in [1.54, 1.807) is 19.1 Å². The standard InChI is InChI=1S/C21H24FN3O6S/c1-13(15-4-5-17(22)18(6-15)30-10-14-2-3-14)11-32(28,29)12-16-7-23-20(31-16)9-25-8-19(26)24-21(25)27/h4-7,13-14H,2-3,8-12H2,1H3,(H,24,26,27)/t13-/m0/s1. The Morgan fingerprint density at radius 3 is 2.81 bits per heavy atom. The number of amides is 3. The minimum atomic E-state index is -3.57. The highest BCUT2D eigenvalue weighted by atomic mass is 32.2. The van der Waals surface area contributed by atoms with E-state index in [1.807, 2.05) is 0 Å². The molecule has 172 valence electrons. The Hall–Kier alpha value is -2.95. The van der Waals surface area contributed by atoms with Crippen molar-refractivity contribution in [2.24, 2.45) is 5.92 Å². The van der Waals surface area contributed by atoms with Crippen LogP contribution in [0.15, 0.2) is 28.8 Å². The largest absolute Gasteiger partial charge is 0.490 e. The lowest BCUT2D eigenvalue weighted by atomic mass is 10.0. The van der Waals surface area contributed by atoms with Gasteiger partial charge in [-0.2, -0.15) is 0 Å². The molecule has 1 aromatic carbocycles. The average Bonchev–Trinajstić information content (AvgIpc) is 3.36. The third-order valence-corrected chi connectivity index (χ3v) is 7.09. The molecule has 1 N–H and O–H groups in total. The number of urea groups is 1. The van der Waals surface area contributed by atoms with E-state index in [1.165, 1.54) is 17.2 Å². The summed E-state index contributed by atoms with van der Waals surface area (Å²) >= 11 is 0. The molecular weight excluding hydrogens is 441 g/mol. The van der Waals surface area contributed by atoms with Crippen molar-refractivity contribution in [2.75, 3.05) is 18.9 Å². The summed E-state index contributed by atoms with van der Waals surface area (Å²) in [6.45, 7) is 2.09. The van der Waals surface area contributed by atoms with Crippen LogP contribution in [0, 0.1) is 11.7 Å². The van der Waals surface area contributed by atoms with Gasteiger partial charge in [0.1, 0.15) is 18.1 Å². The number of carbonyl (C=O) groups excluding carboxylic acids is 2. The van der Waals surface area contributed by atoms with Crippen LogP contribution in [-0.2, 0) is 26.9 Å². The first kappa shape index (κ1) is 22.3. The zero-order chi connectivity index (χ0) is 22.9. The van der Waals surface area contributed by atoms with Gasteiger partial charge in [-0.25, -0.2) is 22.6 Å². The van der Waals surface area contributed by atoms with Gasteiger partial charge in [0.05, 0.1) is 25.1 Å². The van der Waals surface area contributed by atoms with Gasteiger partial charge >= 0.3 is 6.03 Å². The molecule has 0 spiro atoms. The SMILES string of the molecule is C[C@@H](CS(=O)(=O)Cc1cnc(CN2CC(=O)NC2=O)o1)c1ccc(F)c(OCC2CC2)c1. The Morgan fingerprint density at radius 2 is 2.12 bits per heavy atom. The van der Waals surface area contributed by atoms with Crippen LogP contribution in [0.5, 0.6) is 5.75 Å². The van der Waals surface area contributed by atoms with Crippen LogP contribution in [0.3, 0.4) is 0 Å². The van der Waals surface area contributed by atoms with Gasteiger partial charge in [-0.15, -0.1) is 0 Å². The number of oxazole rings is 1. The Bertz CT molecular complexity index is 1130. The minimum absolute atomic E-state index is 0.0345. The van der Waals surface area contributed by atoms with Crippen molar-refractivity contribution < 1.29 is 31.6 Å². The number of ether oxygens (including phenoxy) is 1. The van der Waals surface area contributed by atoms with Crippen LogP contribution >= 0.6 is 0 Å². The number of benzene rings is 1. The van der Waals surface area contributed by atoms with Crippen molar-refractivity contribution in [2.45, 2.75) is 38.0 Å². The summed E-state index contributed by atoms with van der Waals surface area (Å²) in [5, 5.41) is 2.14. The van der Waals surface area contributed by atoms with E-state index in [9.17, 15) is 22.4 Å². The number of halogens is 1. The topological polar surface area (TPSA) is 119 Å². The molecule has 1 aromatic heterocycles. The van der Waals surface area contributed by atoms with Crippen molar-refractivity contribution in [1.82, 2.24) is 15.2 Å². The number of hydrogen-bond acceptors (Lipinski definition) is 7. The van der Waals surface area contributed by atoms with Gasteiger partial charge in [-0.1, -0.05) is 13.0 Å². The normalized spacial score (nSPS) is 17.5. The van der Waals surface area contributed by atoms with Gasteiger partial charge in [-0.3, -0.25) is 10.1 Å². The number of imide groups is 1. The van der Waals surface area contributed by atoms with Gasteiger partial charge in [0.2, 0.25) is 11.8 Å². The van der Waals surface area contributed by atoms with Crippen molar-refractivity contribution in [3.63, 3.8) is 0 Å². The Morgan fingerprint density at radius 1 is 1.34 bits per heavy atom. The molecule has 1 aliphatic carbocycles. The number of hydrogen-bond donors (Lipinski definition) is 1. The summed E-state index contributed by atoms with van der Waals surface area (Å²) in [5.74, 6) is -0.889. The molecule has 1 saturated heterocycles. The molecule has 1 atom stereocenters. The lowest BCUT2D eigenvalue weighted by Gasteiger charge is -2.14. The predicted molar refractivity (Wildman–Crippen MR) is 111 cm³/mol. The maximum atomic E-state index is 14.0. The lowest BCUT2D eigenvalue weighted by molar-refractivity contribution is -0.118. The highest BCUT2D eigenvalue weighted by Gasteiger charge is 2.28. The average molecular weight is 466 g/mol. The number of nitrogens with zero attached hydrogens (tertiary/aromatic N) is 2. The third kappa shape index (κ3) is 5.64. The smallest absolute Gasteiger partial charge is 0.325 e. The van der Waals surface area contributed by atoms with E-state index in [2.05, 4.69) is 10.3 Å². The van der Waals surface area contributed by atoms with E-state index < -0.39 is 27.6 Å². The molecule has 0 radical (unpaired) electrons. The summed E-state index contributed by atoms with van der Waals surface area (Å²) in [4.78, 5) is 28.1. The summed E-state index contributed by atoms with van der Waals surface area (Å²) in [6.07, 6.45) is 3.47. The van der Waals surface area contributed by atoms with E-state index >= 15 is 0 Å². The molecule has 9 nitrogen and oxygen atoms in total. The van der Waals surface area contributed by atoms with Gasteiger partial charge in [-0.05, 0) is 42.4 Å². The van der Waals surface area contributed by atoms with Gasteiger partial charge in [0, 0.05) is 0 Å². The van der Waals surface area contributed by atoms with Crippen molar-refractivity contribution in [3.8, 4) is 5.75 Å². The zero-order valence-corrected chi connectivity index (χ0v) is 18.4. The van der Waals surface area contributed by atoms with Crippen LogP contribution in [0.25, 0.3) is 0 Å². The first-order chi connectivity index (χ1) is 15.2.